The molecule has 0 N–H and O–H groups in total. The summed E-state index contributed by atoms with van der Waals surface area (Å²) in [5.41, 5.74) is 1.73. The molecule has 2 aromatic heterocycles. The molecule has 2 saturated heterocycles. The molecule has 1 aromatic carbocycles. The molecule has 8 nitrogen and oxygen atoms in total. The van der Waals surface area contributed by atoms with Crippen LogP contribution in [0.2, 0.25) is 0 Å². The van der Waals surface area contributed by atoms with E-state index < -0.39 is 10.0 Å². The minimum absolute atomic E-state index is 0.164. The maximum absolute atomic E-state index is 13.3. The second-order valence-corrected chi connectivity index (χ2v) is 12.5. The number of piperazine rings is 1. The van der Waals surface area contributed by atoms with Crippen LogP contribution in [0.1, 0.15) is 24.0 Å². The van der Waals surface area contributed by atoms with Crippen molar-refractivity contribution in [3.05, 3.63) is 51.6 Å². The number of nitrogens with zero attached hydrogens (tertiary/aromatic N) is 5. The molecule has 3 aromatic rings. The van der Waals surface area contributed by atoms with E-state index in [4.69, 9.17) is 22.1 Å². The van der Waals surface area contributed by atoms with Gasteiger partial charge in [-0.05, 0) is 67.5 Å². The summed E-state index contributed by atoms with van der Waals surface area (Å²) in [4.78, 5) is 3.70. The maximum atomic E-state index is 13.3. The molecule has 1 atom stereocenters. The van der Waals surface area contributed by atoms with Crippen LogP contribution in [0.4, 0.5) is 0 Å². The molecule has 0 saturated carbocycles. The van der Waals surface area contributed by atoms with Crippen molar-refractivity contribution in [1.29, 1.82) is 0 Å². The molecule has 0 aliphatic carbocycles. The second kappa shape index (κ2) is 10.2. The number of aryl methyl sites for hydroxylation is 2. The van der Waals surface area contributed by atoms with Gasteiger partial charge in [-0.1, -0.05) is 18.2 Å². The van der Waals surface area contributed by atoms with E-state index >= 15 is 0 Å². The first kappa shape index (κ1) is 24.8. The average molecular weight is 534 g/mol. The number of sulfonamides is 1. The Morgan fingerprint density at radius 1 is 1.17 bits per heavy atom. The first-order valence-corrected chi connectivity index (χ1v) is 14.7. The molecule has 0 bridgehead atoms. The van der Waals surface area contributed by atoms with E-state index in [1.165, 1.54) is 0 Å². The first-order valence-electron chi connectivity index (χ1n) is 12.0. The molecular weight excluding hydrogens is 502 g/mol. The molecule has 188 valence electrons. The Bertz CT molecular complexity index is 1330. The van der Waals surface area contributed by atoms with Gasteiger partial charge in [0.25, 0.3) is 0 Å². The van der Waals surface area contributed by atoms with Gasteiger partial charge < -0.3 is 4.74 Å². The predicted molar refractivity (Wildman–Crippen MR) is 140 cm³/mol. The third-order valence-corrected chi connectivity index (χ3v) is 10.0. The molecule has 5 rings (SSSR count). The highest BCUT2D eigenvalue weighted by Gasteiger charge is 2.30. The Labute approximate surface area is 215 Å². The van der Waals surface area contributed by atoms with Gasteiger partial charge in [0.05, 0.1) is 29.1 Å². The lowest BCUT2D eigenvalue weighted by Gasteiger charge is -2.34. The summed E-state index contributed by atoms with van der Waals surface area (Å²) in [7, 11) is -3.52. The minimum Gasteiger partial charge on any atom is -0.376 e. The minimum atomic E-state index is -3.52. The molecule has 11 heteroatoms. The fourth-order valence-corrected chi connectivity index (χ4v) is 7.41. The standard InChI is InChI=1S/C24H31N5O3S3/c1-18-7-8-19(2)22(15-18)35(30,31)27-11-9-26(10-12-27)17-29-24(33)28(16-20-5-3-13-32-20)23(25-29)21-6-4-14-34-21/h4,6-8,14-15,20H,3,5,9-13,16-17H2,1-2H3. The number of aromatic nitrogens is 3. The van der Waals surface area contributed by atoms with Crippen LogP contribution in [0, 0.1) is 18.6 Å². The maximum Gasteiger partial charge on any atom is 0.243 e. The smallest absolute Gasteiger partial charge is 0.243 e. The van der Waals surface area contributed by atoms with Crippen molar-refractivity contribution in [2.24, 2.45) is 0 Å². The van der Waals surface area contributed by atoms with Crippen LogP contribution in [0.5, 0.6) is 0 Å². The van der Waals surface area contributed by atoms with E-state index in [1.807, 2.05) is 42.1 Å². The SMILES string of the molecule is Cc1ccc(C)c(S(=O)(=O)N2CCN(Cn3nc(-c4cccs4)n(CC4CCCO4)c3=S)CC2)c1. The molecule has 0 spiro atoms. The van der Waals surface area contributed by atoms with Crippen LogP contribution in [-0.2, 0) is 28.0 Å². The summed E-state index contributed by atoms with van der Waals surface area (Å²) in [6, 6.07) is 9.67. The first-order chi connectivity index (χ1) is 16.8. The summed E-state index contributed by atoms with van der Waals surface area (Å²) >= 11 is 7.49. The molecule has 0 radical (unpaired) electrons. The Morgan fingerprint density at radius 2 is 1.97 bits per heavy atom. The van der Waals surface area contributed by atoms with E-state index in [9.17, 15) is 8.42 Å². The summed E-state index contributed by atoms with van der Waals surface area (Å²) < 4.78 is 38.7. The van der Waals surface area contributed by atoms with Gasteiger partial charge in [-0.2, -0.15) is 4.31 Å². The summed E-state index contributed by atoms with van der Waals surface area (Å²) in [6.45, 7) is 7.94. The van der Waals surface area contributed by atoms with E-state index in [0.29, 0.717) is 49.1 Å². The van der Waals surface area contributed by atoms with E-state index in [2.05, 4.69) is 15.5 Å². The zero-order chi connectivity index (χ0) is 24.6. The van der Waals surface area contributed by atoms with Gasteiger partial charge in [0.2, 0.25) is 10.0 Å². The fourth-order valence-electron chi connectivity index (χ4n) is 4.70. The van der Waals surface area contributed by atoms with Gasteiger partial charge in [-0.3, -0.25) is 9.47 Å². The average Bonchev–Trinajstić information content (AvgIpc) is 3.61. The van der Waals surface area contributed by atoms with Gasteiger partial charge in [-0.25, -0.2) is 13.1 Å². The Morgan fingerprint density at radius 3 is 2.66 bits per heavy atom. The normalized spacial score (nSPS) is 20.0. The molecule has 2 aliphatic heterocycles. The van der Waals surface area contributed by atoms with Gasteiger partial charge in [0.1, 0.15) is 0 Å². The molecule has 35 heavy (non-hydrogen) atoms. The van der Waals surface area contributed by atoms with Crippen molar-refractivity contribution in [3.8, 4) is 10.7 Å². The zero-order valence-corrected chi connectivity index (χ0v) is 22.5. The van der Waals surface area contributed by atoms with Crippen molar-refractivity contribution in [1.82, 2.24) is 23.6 Å². The van der Waals surface area contributed by atoms with E-state index in [1.54, 1.807) is 21.7 Å². The van der Waals surface area contributed by atoms with Crippen LogP contribution in [0.3, 0.4) is 0 Å². The van der Waals surface area contributed by atoms with Crippen LogP contribution in [0.25, 0.3) is 10.7 Å². The summed E-state index contributed by atoms with van der Waals surface area (Å²) in [6.07, 6.45) is 2.28. The molecule has 1 unspecified atom stereocenters. The van der Waals surface area contributed by atoms with Crippen LogP contribution >= 0.6 is 23.6 Å². The quantitative estimate of drug-likeness (QED) is 0.429. The van der Waals surface area contributed by atoms with Crippen LogP contribution in [-0.4, -0.2) is 70.9 Å². The largest absolute Gasteiger partial charge is 0.376 e. The number of benzene rings is 1. The lowest BCUT2D eigenvalue weighted by Crippen LogP contribution is -2.49. The van der Waals surface area contributed by atoms with Gasteiger partial charge in [0.15, 0.2) is 10.6 Å². The number of ether oxygens (including phenoxy) is 1. The molecule has 0 amide bonds. The van der Waals surface area contributed by atoms with Crippen molar-refractivity contribution < 1.29 is 13.2 Å². The van der Waals surface area contributed by atoms with Gasteiger partial charge >= 0.3 is 0 Å². The number of hydrogen-bond acceptors (Lipinski definition) is 7. The third-order valence-electron chi connectivity index (χ3n) is 6.70. The number of thiophene rings is 1. The topological polar surface area (TPSA) is 72.6 Å². The van der Waals surface area contributed by atoms with Crippen molar-refractivity contribution in [2.75, 3.05) is 32.8 Å². The zero-order valence-electron chi connectivity index (χ0n) is 20.1. The monoisotopic (exact) mass is 533 g/mol. The van der Waals surface area contributed by atoms with E-state index in [-0.39, 0.29) is 6.10 Å². The fraction of sp³-hybridized carbons (Fsp3) is 0.500. The van der Waals surface area contributed by atoms with Crippen molar-refractivity contribution in [2.45, 2.75) is 50.9 Å². The van der Waals surface area contributed by atoms with Crippen LogP contribution < -0.4 is 0 Å². The highest BCUT2D eigenvalue weighted by molar-refractivity contribution is 7.89. The molecule has 2 aliphatic rings. The number of hydrogen-bond donors (Lipinski definition) is 0. The lowest BCUT2D eigenvalue weighted by molar-refractivity contribution is 0.0965. The molecular formula is C24H31N5O3S3. The van der Waals surface area contributed by atoms with Crippen molar-refractivity contribution >= 4 is 33.6 Å². The second-order valence-electron chi connectivity index (χ2n) is 9.26. The molecule has 2 fully saturated rings. The lowest BCUT2D eigenvalue weighted by atomic mass is 10.2. The molecule has 4 heterocycles. The Kier molecular flexibility index (Phi) is 7.25. The van der Waals surface area contributed by atoms with E-state index in [0.717, 1.165) is 41.3 Å². The van der Waals surface area contributed by atoms with Gasteiger partial charge in [-0.15, -0.1) is 16.4 Å². The summed E-state index contributed by atoms with van der Waals surface area (Å²) in [5, 5.41) is 6.93. The summed E-state index contributed by atoms with van der Waals surface area (Å²) in [5.74, 6) is 0.872. The Balaban J connectivity index is 1.31. The van der Waals surface area contributed by atoms with Crippen molar-refractivity contribution in [3.63, 3.8) is 0 Å². The predicted octanol–water partition coefficient (Wildman–Crippen LogP) is 3.90. The van der Waals surface area contributed by atoms with Crippen LogP contribution in [0.15, 0.2) is 40.6 Å². The number of rotatable bonds is 7. The highest BCUT2D eigenvalue weighted by atomic mass is 32.2. The Hall–Kier alpha value is -1.89. The van der Waals surface area contributed by atoms with Gasteiger partial charge in [0, 0.05) is 32.8 Å². The third kappa shape index (κ3) is 5.16. The highest BCUT2D eigenvalue weighted by Crippen LogP contribution is 2.26.